The van der Waals surface area contributed by atoms with E-state index < -0.39 is 5.97 Å². The summed E-state index contributed by atoms with van der Waals surface area (Å²) in [7, 11) is 0. The number of carboxylic acid groups (broad SMARTS) is 1. The highest BCUT2D eigenvalue weighted by Crippen LogP contribution is 2.38. The molecule has 0 aliphatic carbocycles. The number of pyridine rings is 1. The van der Waals surface area contributed by atoms with E-state index in [0.29, 0.717) is 16.0 Å². The molecule has 1 N–H and O–H groups in total. The molecule has 3 rings (SSSR count). The molecule has 0 saturated carbocycles. The highest BCUT2D eigenvalue weighted by Gasteiger charge is 2.26. The maximum atomic E-state index is 12.0. The molecule has 28 heavy (non-hydrogen) atoms. The molecule has 12 heteroatoms. The first kappa shape index (κ1) is 20.9. The van der Waals surface area contributed by atoms with Gasteiger partial charge in [0.25, 0.3) is 0 Å². The molecule has 2 aromatic heterocycles. The van der Waals surface area contributed by atoms with E-state index in [1.54, 1.807) is 0 Å². The zero-order valence-electron chi connectivity index (χ0n) is 13.4. The zero-order chi connectivity index (χ0) is 20.6. The van der Waals surface area contributed by atoms with E-state index in [2.05, 4.69) is 26.0 Å². The van der Waals surface area contributed by atoms with Crippen molar-refractivity contribution < 1.29 is 14.7 Å². The molecule has 144 valence electrons. The first-order chi connectivity index (χ1) is 13.2. The van der Waals surface area contributed by atoms with Gasteiger partial charge >= 0.3 is 5.97 Å². The van der Waals surface area contributed by atoms with E-state index in [1.165, 1.54) is 35.1 Å². The smallest absolute Gasteiger partial charge is 0.337 e. The largest absolute Gasteiger partial charge is 0.478 e. The van der Waals surface area contributed by atoms with Gasteiger partial charge in [0.15, 0.2) is 5.82 Å². The van der Waals surface area contributed by atoms with Gasteiger partial charge in [0.2, 0.25) is 6.41 Å². The van der Waals surface area contributed by atoms with Crippen LogP contribution in [0.1, 0.15) is 10.4 Å². The normalized spacial score (nSPS) is 10.8. The van der Waals surface area contributed by atoms with Crippen molar-refractivity contribution in [2.75, 3.05) is 4.90 Å². The number of nitrogens with zero attached hydrogens (tertiary/aromatic N) is 4. The van der Waals surface area contributed by atoms with Gasteiger partial charge in [-0.05, 0) is 34.1 Å². The van der Waals surface area contributed by atoms with Crippen LogP contribution in [-0.2, 0) is 4.79 Å². The Morgan fingerprint density at radius 3 is 2.39 bits per heavy atom. The van der Waals surface area contributed by atoms with Crippen LogP contribution in [0.25, 0.3) is 5.82 Å². The Morgan fingerprint density at radius 2 is 1.79 bits per heavy atom. The molecule has 0 aliphatic rings. The second kappa shape index (κ2) is 8.26. The van der Waals surface area contributed by atoms with E-state index in [4.69, 9.17) is 46.4 Å². The lowest BCUT2D eigenvalue weighted by molar-refractivity contribution is -0.106. The van der Waals surface area contributed by atoms with E-state index in [9.17, 15) is 14.7 Å². The lowest BCUT2D eigenvalue weighted by Crippen LogP contribution is -2.21. The average Bonchev–Trinajstić information content (AvgIpc) is 2.98. The van der Waals surface area contributed by atoms with Crippen LogP contribution in [0.5, 0.6) is 0 Å². The summed E-state index contributed by atoms with van der Waals surface area (Å²) in [4.78, 5) is 28.8. The van der Waals surface area contributed by atoms with Gasteiger partial charge in [-0.1, -0.05) is 46.4 Å². The number of benzene rings is 1. The van der Waals surface area contributed by atoms with Crippen molar-refractivity contribution in [3.8, 4) is 5.82 Å². The number of rotatable bonds is 5. The molecule has 0 spiro atoms. The third kappa shape index (κ3) is 3.97. The van der Waals surface area contributed by atoms with Crippen LogP contribution < -0.4 is 4.90 Å². The first-order valence-electron chi connectivity index (χ1n) is 7.26. The maximum Gasteiger partial charge on any atom is 0.337 e. The van der Waals surface area contributed by atoms with Crippen molar-refractivity contribution in [3.63, 3.8) is 0 Å². The summed E-state index contributed by atoms with van der Waals surface area (Å²) in [5.41, 5.74) is -0.365. The summed E-state index contributed by atoms with van der Waals surface area (Å²) in [5, 5.41) is 14.3. The first-order valence-corrected chi connectivity index (χ1v) is 9.57. The number of hydrogen-bond acceptors (Lipinski definition) is 4. The number of anilines is 2. The third-order valence-corrected chi connectivity index (χ3v) is 4.88. The predicted octanol–water partition coefficient (Wildman–Crippen LogP) is 5.64. The lowest BCUT2D eigenvalue weighted by atomic mass is 10.1. The van der Waals surface area contributed by atoms with Gasteiger partial charge in [-0.3, -0.25) is 9.69 Å². The zero-order valence-corrected chi connectivity index (χ0v) is 18.0. The number of carboxylic acids is 1. The minimum Gasteiger partial charge on any atom is -0.478 e. The van der Waals surface area contributed by atoms with Crippen molar-refractivity contribution in [2.45, 2.75) is 0 Å². The number of carbonyl (C=O) groups is 2. The summed E-state index contributed by atoms with van der Waals surface area (Å²) in [5.74, 6) is -1.02. The predicted molar refractivity (Wildman–Crippen MR) is 111 cm³/mol. The fourth-order valence-corrected chi connectivity index (χ4v) is 3.84. The number of aromatic carboxylic acids is 1. The molecule has 0 aliphatic heterocycles. The standard InChI is InChI=1S/C16H7BrCl4N4O3/c17-12-4-13(25(23-12)15-11(21)3-8(19)5-22-15)24(6-26)14-9(16(27)28)1-7(18)2-10(14)20/h1-6H,(H,27,28). The van der Waals surface area contributed by atoms with Gasteiger partial charge in [-0.25, -0.2) is 9.78 Å². The summed E-state index contributed by atoms with van der Waals surface area (Å²) in [6, 6.07) is 5.43. The summed E-state index contributed by atoms with van der Waals surface area (Å²) >= 11 is 27.4. The maximum absolute atomic E-state index is 12.0. The second-order valence-corrected chi connectivity index (χ2v) is 7.76. The molecule has 1 amide bonds. The SMILES string of the molecule is O=CN(c1c(Cl)cc(Cl)cc1C(=O)O)c1cc(Br)nn1-c1ncc(Cl)cc1Cl. The summed E-state index contributed by atoms with van der Waals surface area (Å²) < 4.78 is 1.58. The average molecular weight is 525 g/mol. The monoisotopic (exact) mass is 522 g/mol. The molecule has 7 nitrogen and oxygen atoms in total. The Morgan fingerprint density at radius 1 is 1.11 bits per heavy atom. The second-order valence-electron chi connectivity index (χ2n) is 5.26. The van der Waals surface area contributed by atoms with Crippen LogP contribution in [0, 0.1) is 0 Å². The van der Waals surface area contributed by atoms with Crippen LogP contribution in [-0.4, -0.2) is 32.3 Å². The van der Waals surface area contributed by atoms with E-state index in [1.807, 2.05) is 0 Å². The van der Waals surface area contributed by atoms with Crippen molar-refractivity contribution in [3.05, 3.63) is 60.7 Å². The molecule has 0 bridgehead atoms. The quantitative estimate of drug-likeness (QED) is 0.437. The van der Waals surface area contributed by atoms with Gasteiger partial charge in [-0.15, -0.1) is 0 Å². The highest BCUT2D eigenvalue weighted by atomic mass is 79.9. The van der Waals surface area contributed by atoms with Crippen molar-refractivity contribution in [1.82, 2.24) is 14.8 Å². The highest BCUT2D eigenvalue weighted by molar-refractivity contribution is 9.10. The Labute approximate surface area is 186 Å². The molecule has 3 aromatic rings. The van der Waals surface area contributed by atoms with E-state index in [-0.39, 0.29) is 38.0 Å². The topological polar surface area (TPSA) is 88.3 Å². The Balaban J connectivity index is 2.27. The van der Waals surface area contributed by atoms with Gasteiger partial charge in [-0.2, -0.15) is 9.78 Å². The van der Waals surface area contributed by atoms with Gasteiger partial charge in [0.05, 0.1) is 26.3 Å². The Bertz CT molecular complexity index is 1110. The molecular weight excluding hydrogens is 518 g/mol. The van der Waals surface area contributed by atoms with E-state index in [0.717, 1.165) is 4.90 Å². The van der Waals surface area contributed by atoms with Gasteiger partial charge < -0.3 is 5.11 Å². The van der Waals surface area contributed by atoms with Crippen molar-refractivity contribution in [1.29, 1.82) is 0 Å². The number of aromatic nitrogens is 3. The third-order valence-electron chi connectivity index (χ3n) is 3.50. The van der Waals surface area contributed by atoms with Crippen LogP contribution in [0.15, 0.2) is 35.1 Å². The fraction of sp³-hybridized carbons (Fsp3) is 0. The molecular formula is C16H7BrCl4N4O3. The van der Waals surface area contributed by atoms with Crippen LogP contribution in [0.2, 0.25) is 20.1 Å². The minimum absolute atomic E-state index is 0.0453. The van der Waals surface area contributed by atoms with Crippen molar-refractivity contribution in [2.24, 2.45) is 0 Å². The van der Waals surface area contributed by atoms with Crippen molar-refractivity contribution >= 4 is 86.2 Å². The molecule has 1 aromatic carbocycles. The van der Waals surface area contributed by atoms with Crippen LogP contribution in [0.3, 0.4) is 0 Å². The molecule has 2 heterocycles. The van der Waals surface area contributed by atoms with Crippen LogP contribution in [0.4, 0.5) is 11.5 Å². The fourth-order valence-electron chi connectivity index (χ4n) is 2.43. The number of hydrogen-bond donors (Lipinski definition) is 1. The molecule has 0 fully saturated rings. The Kier molecular flexibility index (Phi) is 6.16. The summed E-state index contributed by atoms with van der Waals surface area (Å²) in [6.45, 7) is 0. The number of carbonyl (C=O) groups excluding carboxylic acids is 1. The number of halogens is 5. The molecule has 0 radical (unpaired) electrons. The summed E-state index contributed by atoms with van der Waals surface area (Å²) in [6.07, 6.45) is 1.75. The lowest BCUT2D eigenvalue weighted by Gasteiger charge is -2.21. The van der Waals surface area contributed by atoms with Gasteiger partial charge in [0.1, 0.15) is 10.4 Å². The molecule has 0 atom stereocenters. The van der Waals surface area contributed by atoms with E-state index >= 15 is 0 Å². The minimum atomic E-state index is -1.32. The molecule has 0 unspecified atom stereocenters. The molecule has 0 saturated heterocycles. The van der Waals surface area contributed by atoms with Crippen LogP contribution >= 0.6 is 62.3 Å². The van der Waals surface area contributed by atoms with Gasteiger partial charge in [0, 0.05) is 17.3 Å². The number of amides is 1. The Hall–Kier alpha value is -1.84.